The van der Waals surface area contributed by atoms with Crippen molar-refractivity contribution in [3.05, 3.63) is 109 Å². The van der Waals surface area contributed by atoms with E-state index in [4.69, 9.17) is 0 Å². The molecule has 0 saturated carbocycles. The van der Waals surface area contributed by atoms with Crippen molar-refractivity contribution in [1.82, 2.24) is 9.13 Å². The minimum Gasteiger partial charge on any atom is -0.339 e. The van der Waals surface area contributed by atoms with Crippen LogP contribution < -0.4 is 0 Å². The molecule has 73 heavy (non-hydrogen) atoms. The highest BCUT2D eigenvalue weighted by atomic mass is 32.2. The van der Waals surface area contributed by atoms with E-state index in [2.05, 4.69) is 145 Å². The summed E-state index contributed by atoms with van der Waals surface area (Å²) in [6.45, 7) is 6.75. The van der Waals surface area contributed by atoms with Crippen molar-refractivity contribution in [3.8, 4) is 81.3 Å². The van der Waals surface area contributed by atoms with Crippen LogP contribution in [-0.4, -0.2) is 21.6 Å². The lowest BCUT2D eigenvalue weighted by Gasteiger charge is -2.12. The van der Waals surface area contributed by atoms with Crippen LogP contribution in [0.3, 0.4) is 0 Å². The number of hydrogen-bond donors (Lipinski definition) is 0. The highest BCUT2D eigenvalue weighted by molar-refractivity contribution is 8.00. The van der Waals surface area contributed by atoms with Crippen molar-refractivity contribution >= 4 is 103 Å². The lowest BCUT2D eigenvalue weighted by Crippen LogP contribution is -2.01. The summed E-state index contributed by atoms with van der Waals surface area (Å²) in [4.78, 5) is 16.3. The SMILES string of the molecule is CCCCCCCCCCCCn1c(-c2ccc(SC)s2)ccc1-c1ccc(-c2ccc(-c3ccc(-c4ccc(-c5ccc(-c6ccc(-c7ccc(SC)s7)n6CCCCCCCCCCCC)s5)s4)s3)s2)s1. The Kier molecular flexibility index (Phi) is 21.5. The molecule has 9 aromatic heterocycles. The highest BCUT2D eigenvalue weighted by Gasteiger charge is 2.19. The summed E-state index contributed by atoms with van der Waals surface area (Å²) in [6.07, 6.45) is 31.6. The second-order valence-electron chi connectivity index (χ2n) is 19.3. The molecular weight excluding hydrogens is 1060 g/mol. The molecule has 0 fully saturated rings. The maximum absolute atomic E-state index is 2.62. The van der Waals surface area contributed by atoms with E-state index in [0.717, 1.165) is 13.1 Å². The van der Waals surface area contributed by atoms with Gasteiger partial charge in [0, 0.05) is 52.1 Å². The lowest BCUT2D eigenvalue weighted by molar-refractivity contribution is 0.538. The van der Waals surface area contributed by atoms with Gasteiger partial charge in [-0.2, -0.15) is 0 Å². The quantitative estimate of drug-likeness (QED) is 0.0307. The van der Waals surface area contributed by atoms with E-state index in [1.54, 1.807) is 0 Å². The number of rotatable bonds is 32. The topological polar surface area (TPSA) is 9.86 Å². The summed E-state index contributed by atoms with van der Waals surface area (Å²) in [5.41, 5.74) is 5.45. The Bertz CT molecular complexity index is 2820. The number of aromatic nitrogens is 2. The average molecular weight is 1140 g/mol. The molecule has 0 aliphatic carbocycles. The first kappa shape index (κ1) is 54.9. The monoisotopic (exact) mass is 1130 g/mol. The second kappa shape index (κ2) is 28.5. The van der Waals surface area contributed by atoms with Crippen molar-refractivity contribution in [3.63, 3.8) is 0 Å². The van der Waals surface area contributed by atoms with E-state index in [0.29, 0.717) is 0 Å². The van der Waals surface area contributed by atoms with Gasteiger partial charge in [0.1, 0.15) is 0 Å². The molecule has 9 rings (SSSR count). The first-order valence-electron chi connectivity index (χ1n) is 27.2. The Morgan fingerprint density at radius 2 is 0.479 bits per heavy atom. The van der Waals surface area contributed by atoms with E-state index in [1.165, 1.54) is 218 Å². The number of thiophene rings is 7. The standard InChI is InChI=1S/C62H74N2S9/c1-5-7-9-11-13-15-17-19-21-23-43-63-45(25-27-47(63)51-39-41-61(65-3)72-51)49-29-31-53(67-49)55-33-35-57(69-55)59-37-38-60(71-59)58-36-34-56(70-58)54-32-30-50(68-54)46-26-28-48(52-40-42-62(66-4)73-52)64(46)44-24-22-20-18-16-14-12-10-8-6-2/h25-42H,5-24,43-44H2,1-4H3. The summed E-state index contributed by atoms with van der Waals surface area (Å²) in [6, 6.07) is 42.2. The summed E-state index contributed by atoms with van der Waals surface area (Å²) in [5, 5.41) is 0. The average Bonchev–Trinajstić information content (AvgIpc) is 4.25. The fourth-order valence-electron chi connectivity index (χ4n) is 9.95. The Balaban J connectivity index is 0.840. The first-order valence-corrected chi connectivity index (χ1v) is 35.4. The van der Waals surface area contributed by atoms with E-state index < -0.39 is 0 Å². The number of unbranched alkanes of at least 4 members (excludes halogenated alkanes) is 18. The van der Waals surface area contributed by atoms with Gasteiger partial charge in [0.25, 0.3) is 0 Å². The number of thioether (sulfide) groups is 2. The van der Waals surface area contributed by atoms with Gasteiger partial charge in [0.2, 0.25) is 0 Å². The molecule has 0 unspecified atom stereocenters. The maximum Gasteiger partial charge on any atom is 0.0603 e. The predicted octanol–water partition coefficient (Wildman–Crippen LogP) is 24.3. The van der Waals surface area contributed by atoms with Crippen LogP contribution in [0.15, 0.2) is 118 Å². The van der Waals surface area contributed by atoms with Crippen LogP contribution in [0.1, 0.15) is 142 Å². The molecule has 0 aliphatic heterocycles. The van der Waals surface area contributed by atoms with Crippen molar-refractivity contribution in [1.29, 1.82) is 0 Å². The highest BCUT2D eigenvalue weighted by Crippen LogP contribution is 2.47. The van der Waals surface area contributed by atoms with Gasteiger partial charge in [0.05, 0.1) is 50.7 Å². The fraction of sp³-hybridized carbons (Fsp3) is 0.419. The Labute approximate surface area is 474 Å². The van der Waals surface area contributed by atoms with Crippen molar-refractivity contribution in [2.24, 2.45) is 0 Å². The van der Waals surface area contributed by atoms with Gasteiger partial charge in [-0.3, -0.25) is 0 Å². The summed E-state index contributed by atoms with van der Waals surface area (Å²) in [5.74, 6) is 0. The van der Waals surface area contributed by atoms with E-state index >= 15 is 0 Å². The van der Waals surface area contributed by atoms with Gasteiger partial charge in [-0.15, -0.1) is 103 Å². The molecule has 0 aromatic carbocycles. The van der Waals surface area contributed by atoms with Crippen LogP contribution in [0.25, 0.3) is 81.3 Å². The van der Waals surface area contributed by atoms with Gasteiger partial charge in [-0.05, 0) is 135 Å². The summed E-state index contributed by atoms with van der Waals surface area (Å²) < 4.78 is 8.01. The molecule has 9 aromatic rings. The van der Waals surface area contributed by atoms with E-state index in [-0.39, 0.29) is 0 Å². The van der Waals surface area contributed by atoms with Gasteiger partial charge in [0.15, 0.2) is 0 Å². The smallest absolute Gasteiger partial charge is 0.0603 e. The number of nitrogens with zero attached hydrogens (tertiary/aromatic N) is 2. The van der Waals surface area contributed by atoms with Crippen molar-refractivity contribution in [2.45, 2.75) is 164 Å². The maximum atomic E-state index is 2.62. The first-order chi connectivity index (χ1) is 36.0. The van der Waals surface area contributed by atoms with Crippen LogP contribution >= 0.6 is 103 Å². The molecule has 386 valence electrons. The third-order valence-corrected chi connectivity index (χ3v) is 24.6. The van der Waals surface area contributed by atoms with Gasteiger partial charge >= 0.3 is 0 Å². The third-order valence-electron chi connectivity index (χ3n) is 14.0. The van der Waals surface area contributed by atoms with Gasteiger partial charge < -0.3 is 9.13 Å². The molecule has 0 radical (unpaired) electrons. The van der Waals surface area contributed by atoms with Crippen LogP contribution in [0, 0.1) is 0 Å². The van der Waals surface area contributed by atoms with E-state index in [9.17, 15) is 0 Å². The molecule has 9 heterocycles. The third kappa shape index (κ3) is 14.6. The largest absolute Gasteiger partial charge is 0.339 e. The van der Waals surface area contributed by atoms with Crippen LogP contribution in [-0.2, 0) is 13.1 Å². The summed E-state index contributed by atoms with van der Waals surface area (Å²) >= 11 is 17.2. The Morgan fingerprint density at radius 3 is 0.740 bits per heavy atom. The number of hydrogen-bond acceptors (Lipinski definition) is 9. The molecular formula is C62H74N2S9. The molecule has 0 amide bonds. The van der Waals surface area contributed by atoms with Gasteiger partial charge in [-0.25, -0.2) is 0 Å². The molecule has 0 N–H and O–H groups in total. The van der Waals surface area contributed by atoms with Crippen molar-refractivity contribution < 1.29 is 0 Å². The molecule has 0 saturated heterocycles. The van der Waals surface area contributed by atoms with Crippen LogP contribution in [0.5, 0.6) is 0 Å². The zero-order valence-corrected chi connectivity index (χ0v) is 50.9. The second-order valence-corrected chi connectivity index (χ2v) is 29.1. The minimum atomic E-state index is 1.07. The Morgan fingerprint density at radius 1 is 0.260 bits per heavy atom. The van der Waals surface area contributed by atoms with Crippen LogP contribution in [0.2, 0.25) is 0 Å². The molecule has 11 heteroatoms. The predicted molar refractivity (Wildman–Crippen MR) is 338 cm³/mol. The normalized spacial score (nSPS) is 11.8. The minimum absolute atomic E-state index is 1.07. The van der Waals surface area contributed by atoms with Gasteiger partial charge in [-0.1, -0.05) is 129 Å². The fourth-order valence-corrected chi connectivity index (χ4v) is 18.6. The molecule has 0 atom stereocenters. The zero-order valence-electron chi connectivity index (χ0n) is 43.5. The molecule has 0 spiro atoms. The molecule has 2 nitrogen and oxygen atoms in total. The van der Waals surface area contributed by atoms with E-state index in [1.807, 2.05) is 103 Å². The van der Waals surface area contributed by atoms with Crippen LogP contribution in [0.4, 0.5) is 0 Å². The summed E-state index contributed by atoms with van der Waals surface area (Å²) in [7, 11) is 0. The molecule has 0 bridgehead atoms. The zero-order chi connectivity index (χ0) is 50.2. The van der Waals surface area contributed by atoms with Crippen molar-refractivity contribution in [2.75, 3.05) is 12.5 Å². The molecule has 0 aliphatic rings. The Hall–Kier alpha value is -2.84. The lowest BCUT2D eigenvalue weighted by atomic mass is 10.1.